The quantitative estimate of drug-likeness (QED) is 0.370. The Morgan fingerprint density at radius 3 is 2.47 bits per heavy atom. The number of alkyl halides is 5. The molecule has 5 rings (SSSR count). The fraction of sp³-hybridized carbons (Fsp3) is 0.261. The van der Waals surface area contributed by atoms with Gasteiger partial charge >= 0.3 is 12.1 Å². The number of hydrogen-bond acceptors (Lipinski definition) is 5. The van der Waals surface area contributed by atoms with Crippen LogP contribution in [0.2, 0.25) is 0 Å². The zero-order valence-corrected chi connectivity index (χ0v) is 19.1. The van der Waals surface area contributed by atoms with Gasteiger partial charge in [-0.1, -0.05) is 6.07 Å². The molecule has 2 N–H and O–H groups in total. The average Bonchev–Trinajstić information content (AvgIpc) is 3.41. The monoisotopic (exact) mass is 540 g/mol. The van der Waals surface area contributed by atoms with Crippen LogP contribution in [0.5, 0.6) is 0 Å². The first-order valence-electron chi connectivity index (χ1n) is 10.9. The molecule has 0 saturated heterocycles. The lowest BCUT2D eigenvalue weighted by Gasteiger charge is -2.22. The van der Waals surface area contributed by atoms with Crippen molar-refractivity contribution in [2.45, 2.75) is 37.3 Å². The Balaban J connectivity index is 1.58. The van der Waals surface area contributed by atoms with Crippen molar-refractivity contribution in [1.29, 1.82) is 0 Å². The van der Waals surface area contributed by atoms with Crippen LogP contribution in [-0.2, 0) is 16.6 Å². The van der Waals surface area contributed by atoms with Crippen LogP contribution in [0, 0.1) is 11.6 Å². The molecular weight excluding hydrogens is 525 g/mol. The van der Waals surface area contributed by atoms with Crippen molar-refractivity contribution in [1.82, 2.24) is 24.6 Å². The molecule has 0 fully saturated rings. The number of nitrogens with zero attached hydrogens (tertiary/aromatic N) is 4. The van der Waals surface area contributed by atoms with Gasteiger partial charge in [0.25, 0.3) is 5.56 Å². The first-order valence-corrected chi connectivity index (χ1v) is 10.9. The fourth-order valence-corrected chi connectivity index (χ4v) is 4.34. The van der Waals surface area contributed by atoms with E-state index in [0.717, 1.165) is 29.0 Å². The number of nitrogens with one attached hydrogen (secondary N) is 2. The minimum Gasteiger partial charge on any atom is -0.309 e. The highest BCUT2D eigenvalue weighted by molar-refractivity contribution is 6.07. The maximum absolute atomic E-state index is 13.9. The number of H-pyrrole nitrogens is 1. The largest absolute Gasteiger partial charge is 0.453 e. The number of aromatic nitrogens is 5. The third-order valence-electron chi connectivity index (χ3n) is 6.45. The second-order valence-corrected chi connectivity index (χ2v) is 8.83. The molecule has 1 aliphatic heterocycles. The van der Waals surface area contributed by atoms with Crippen LogP contribution in [-0.4, -0.2) is 42.6 Å². The highest BCUT2D eigenvalue weighted by Crippen LogP contribution is 2.41. The predicted octanol–water partition coefficient (Wildman–Crippen LogP) is 4.15. The van der Waals surface area contributed by atoms with Crippen molar-refractivity contribution >= 4 is 17.4 Å². The van der Waals surface area contributed by atoms with Crippen molar-refractivity contribution in [3.05, 3.63) is 75.5 Å². The minimum atomic E-state index is -5.74. The van der Waals surface area contributed by atoms with Crippen LogP contribution in [0.1, 0.15) is 30.0 Å². The Labute approximate surface area is 207 Å². The fourth-order valence-electron chi connectivity index (χ4n) is 4.34. The summed E-state index contributed by atoms with van der Waals surface area (Å²) in [6, 6.07) is 3.99. The summed E-state index contributed by atoms with van der Waals surface area (Å²) in [4.78, 5) is 36.6. The van der Waals surface area contributed by atoms with E-state index in [1.165, 1.54) is 19.2 Å². The van der Waals surface area contributed by atoms with E-state index in [0.29, 0.717) is 0 Å². The van der Waals surface area contributed by atoms with Gasteiger partial charge < -0.3 is 10.3 Å². The highest BCUT2D eigenvalue weighted by atomic mass is 19.4. The molecule has 0 spiro atoms. The minimum absolute atomic E-state index is 0.00962. The molecule has 38 heavy (non-hydrogen) atoms. The molecule has 1 aliphatic rings. The molecule has 15 heteroatoms. The van der Waals surface area contributed by atoms with Crippen LogP contribution in [0.15, 0.2) is 41.6 Å². The number of aryl methyl sites for hydroxylation is 1. The van der Waals surface area contributed by atoms with Crippen molar-refractivity contribution in [3.8, 4) is 11.4 Å². The first kappa shape index (κ1) is 25.4. The second-order valence-electron chi connectivity index (χ2n) is 8.83. The van der Waals surface area contributed by atoms with E-state index in [1.54, 1.807) is 0 Å². The van der Waals surface area contributed by atoms with E-state index in [9.17, 15) is 40.3 Å². The van der Waals surface area contributed by atoms with Crippen LogP contribution in [0.3, 0.4) is 0 Å². The van der Waals surface area contributed by atoms with Gasteiger partial charge in [0.2, 0.25) is 5.91 Å². The van der Waals surface area contributed by atoms with Gasteiger partial charge in [0.05, 0.1) is 5.56 Å². The van der Waals surface area contributed by atoms with E-state index >= 15 is 0 Å². The van der Waals surface area contributed by atoms with Crippen LogP contribution >= 0.6 is 0 Å². The number of fused-ring (bicyclic) bond motifs is 2. The molecular formula is C23H15F7N6O2. The van der Waals surface area contributed by atoms with E-state index in [-0.39, 0.29) is 39.5 Å². The van der Waals surface area contributed by atoms with Crippen molar-refractivity contribution < 1.29 is 35.5 Å². The standard InChI is InChI=1S/C23H15F7N6O2/c1-21(12-2-3-13(24)14(25)7-12)15-17(35-20(21)38)33-16(34-19(15)37)11-6-10(18-31-9-32-36(18)8-11)4-5-22(26,27)23(28,29)30/h2-3,6-9H,4-5H2,1H3,(H2,33,34,35,37,38). The second kappa shape index (κ2) is 8.36. The molecule has 1 unspecified atom stereocenters. The van der Waals surface area contributed by atoms with Gasteiger partial charge in [0.1, 0.15) is 23.4 Å². The first-order chi connectivity index (χ1) is 17.7. The maximum atomic E-state index is 13.9. The lowest BCUT2D eigenvalue weighted by Crippen LogP contribution is -2.36. The predicted molar refractivity (Wildman–Crippen MR) is 118 cm³/mol. The zero-order valence-electron chi connectivity index (χ0n) is 19.1. The number of hydrogen-bond donors (Lipinski definition) is 2. The Hall–Kier alpha value is -4.30. The number of anilines is 1. The van der Waals surface area contributed by atoms with Crippen LogP contribution in [0.25, 0.3) is 17.0 Å². The Kier molecular flexibility index (Phi) is 5.58. The summed E-state index contributed by atoms with van der Waals surface area (Å²) in [7, 11) is 0. The number of carbonyl (C=O) groups excluding carboxylic acids is 1. The van der Waals surface area contributed by atoms with Crippen molar-refractivity contribution in [3.63, 3.8) is 0 Å². The van der Waals surface area contributed by atoms with Crippen LogP contribution in [0.4, 0.5) is 36.6 Å². The van der Waals surface area contributed by atoms with Crippen molar-refractivity contribution in [2.24, 2.45) is 0 Å². The number of rotatable bonds is 5. The number of benzene rings is 1. The molecule has 0 bridgehead atoms. The van der Waals surface area contributed by atoms with E-state index in [2.05, 4.69) is 25.4 Å². The summed E-state index contributed by atoms with van der Waals surface area (Å²) in [5, 5.41) is 6.32. The number of carbonyl (C=O) groups is 1. The summed E-state index contributed by atoms with van der Waals surface area (Å²) >= 11 is 0. The molecule has 0 radical (unpaired) electrons. The molecule has 3 aromatic heterocycles. The smallest absolute Gasteiger partial charge is 0.309 e. The summed E-state index contributed by atoms with van der Waals surface area (Å²) in [5.74, 6) is -8.42. The summed E-state index contributed by atoms with van der Waals surface area (Å²) < 4.78 is 93.6. The Morgan fingerprint density at radius 1 is 1.05 bits per heavy atom. The van der Waals surface area contributed by atoms with Crippen LogP contribution < -0.4 is 10.9 Å². The zero-order chi connectivity index (χ0) is 27.6. The number of aromatic amines is 1. The summed E-state index contributed by atoms with van der Waals surface area (Å²) in [6.07, 6.45) is -5.65. The molecule has 8 nitrogen and oxygen atoms in total. The lowest BCUT2D eigenvalue weighted by atomic mass is 9.78. The van der Waals surface area contributed by atoms with Gasteiger partial charge in [0.15, 0.2) is 17.3 Å². The maximum Gasteiger partial charge on any atom is 0.453 e. The topological polar surface area (TPSA) is 105 Å². The summed E-state index contributed by atoms with van der Waals surface area (Å²) in [6.45, 7) is 1.33. The highest BCUT2D eigenvalue weighted by Gasteiger charge is 2.56. The number of amides is 1. The molecule has 4 heterocycles. The average molecular weight is 540 g/mol. The van der Waals surface area contributed by atoms with E-state index in [4.69, 9.17) is 0 Å². The molecule has 198 valence electrons. The SMILES string of the molecule is CC1(c2ccc(F)c(F)c2)C(=O)Nc2nc(-c3cc(CCC(F)(F)C(F)(F)F)c4ncnn4c3)[nH]c(=O)c21. The summed E-state index contributed by atoms with van der Waals surface area (Å²) in [5.41, 5.74) is -2.66. The number of halogens is 7. The third kappa shape index (κ3) is 3.88. The normalized spacial score (nSPS) is 17.6. The van der Waals surface area contributed by atoms with Gasteiger partial charge in [-0.3, -0.25) is 9.59 Å². The van der Waals surface area contributed by atoms with Gasteiger partial charge in [-0.2, -0.15) is 27.1 Å². The molecule has 0 aliphatic carbocycles. The molecule has 4 aromatic rings. The molecule has 1 amide bonds. The Morgan fingerprint density at radius 2 is 1.79 bits per heavy atom. The third-order valence-corrected chi connectivity index (χ3v) is 6.45. The molecule has 1 atom stereocenters. The molecule has 0 saturated carbocycles. The van der Waals surface area contributed by atoms with E-state index in [1.807, 2.05) is 0 Å². The van der Waals surface area contributed by atoms with Gasteiger partial charge in [-0.25, -0.2) is 23.3 Å². The van der Waals surface area contributed by atoms with Crippen molar-refractivity contribution in [2.75, 3.05) is 5.32 Å². The van der Waals surface area contributed by atoms with E-state index < -0.39 is 53.5 Å². The van der Waals surface area contributed by atoms with Gasteiger partial charge in [-0.15, -0.1) is 0 Å². The molecule has 1 aromatic carbocycles. The number of pyridine rings is 1. The van der Waals surface area contributed by atoms with Gasteiger partial charge in [-0.05, 0) is 42.7 Å². The lowest BCUT2D eigenvalue weighted by molar-refractivity contribution is -0.284. The van der Waals surface area contributed by atoms with Gasteiger partial charge in [0, 0.05) is 18.2 Å². The Bertz CT molecular complexity index is 1660.